The molecule has 0 fully saturated rings. The molecule has 1 N–H and O–H groups in total. The zero-order valence-electron chi connectivity index (χ0n) is 9.36. The number of nitrogens with zero attached hydrogens (tertiary/aromatic N) is 1. The molecular formula is C13H15NO2. The Morgan fingerprint density at radius 3 is 2.75 bits per heavy atom. The highest BCUT2D eigenvalue weighted by Crippen LogP contribution is 2.15. The van der Waals surface area contributed by atoms with Crippen molar-refractivity contribution in [1.82, 2.24) is 0 Å². The molecule has 0 aliphatic rings. The molecule has 0 aliphatic carbocycles. The van der Waals surface area contributed by atoms with Crippen LogP contribution in [0.15, 0.2) is 18.2 Å². The lowest BCUT2D eigenvalue weighted by Crippen LogP contribution is -2.03. The Kier molecular flexibility index (Phi) is 4.53. The summed E-state index contributed by atoms with van der Waals surface area (Å²) >= 11 is 0. The van der Waals surface area contributed by atoms with Gasteiger partial charge in [0.2, 0.25) is 0 Å². The average Bonchev–Trinajstić information content (AvgIpc) is 2.27. The summed E-state index contributed by atoms with van der Waals surface area (Å²) < 4.78 is 0. The maximum Gasteiger partial charge on any atom is 0.335 e. The summed E-state index contributed by atoms with van der Waals surface area (Å²) in [5, 5.41) is 17.6. The summed E-state index contributed by atoms with van der Waals surface area (Å²) in [6, 6.07) is 7.52. The standard InChI is InChI=1S/C13H15NO2/c1-2-4-10-6-7-11(5-3-8-14)12(9-10)13(15)16/h6-7,9H,2-5H2,1H3,(H,15,16). The predicted molar refractivity (Wildman–Crippen MR) is 61.3 cm³/mol. The van der Waals surface area contributed by atoms with Crippen molar-refractivity contribution >= 4 is 5.97 Å². The van der Waals surface area contributed by atoms with Gasteiger partial charge >= 0.3 is 5.97 Å². The molecule has 0 heterocycles. The van der Waals surface area contributed by atoms with E-state index in [0.29, 0.717) is 18.4 Å². The summed E-state index contributed by atoms with van der Waals surface area (Å²) in [4.78, 5) is 11.1. The van der Waals surface area contributed by atoms with Crippen LogP contribution in [0.1, 0.15) is 41.3 Å². The molecule has 84 valence electrons. The molecule has 16 heavy (non-hydrogen) atoms. The van der Waals surface area contributed by atoms with Crippen LogP contribution in [0.5, 0.6) is 0 Å². The molecule has 0 amide bonds. The van der Waals surface area contributed by atoms with Crippen LogP contribution in [-0.4, -0.2) is 11.1 Å². The molecule has 1 aromatic rings. The van der Waals surface area contributed by atoms with Crippen LogP contribution in [-0.2, 0) is 12.8 Å². The number of benzene rings is 1. The van der Waals surface area contributed by atoms with Gasteiger partial charge in [0.25, 0.3) is 0 Å². The first kappa shape index (κ1) is 12.3. The van der Waals surface area contributed by atoms with E-state index in [2.05, 4.69) is 6.92 Å². The molecular weight excluding hydrogens is 202 g/mol. The van der Waals surface area contributed by atoms with Crippen LogP contribution in [0.3, 0.4) is 0 Å². The van der Waals surface area contributed by atoms with Gasteiger partial charge in [-0.15, -0.1) is 0 Å². The highest BCUT2D eigenvalue weighted by Gasteiger charge is 2.10. The minimum absolute atomic E-state index is 0.334. The van der Waals surface area contributed by atoms with Crippen LogP contribution in [0.4, 0.5) is 0 Å². The van der Waals surface area contributed by atoms with E-state index < -0.39 is 5.97 Å². The fourth-order valence-electron chi connectivity index (χ4n) is 1.68. The van der Waals surface area contributed by atoms with Gasteiger partial charge in [0.15, 0.2) is 0 Å². The van der Waals surface area contributed by atoms with Gasteiger partial charge in [-0.3, -0.25) is 0 Å². The molecule has 0 saturated heterocycles. The average molecular weight is 217 g/mol. The Labute approximate surface area is 95.3 Å². The van der Waals surface area contributed by atoms with E-state index >= 15 is 0 Å². The SMILES string of the molecule is CCCc1ccc(CCC#N)c(C(=O)O)c1. The number of aromatic carboxylic acids is 1. The molecule has 3 heteroatoms. The fourth-order valence-corrected chi connectivity index (χ4v) is 1.68. The number of hydrogen-bond acceptors (Lipinski definition) is 2. The summed E-state index contributed by atoms with van der Waals surface area (Å²) in [5.74, 6) is -0.911. The largest absolute Gasteiger partial charge is 0.478 e. The van der Waals surface area contributed by atoms with Crippen molar-refractivity contribution in [2.75, 3.05) is 0 Å². The van der Waals surface area contributed by atoms with E-state index in [0.717, 1.165) is 24.0 Å². The summed E-state index contributed by atoms with van der Waals surface area (Å²) in [5.41, 5.74) is 2.12. The van der Waals surface area contributed by atoms with Crippen molar-refractivity contribution in [3.8, 4) is 6.07 Å². The summed E-state index contributed by atoms with van der Waals surface area (Å²) in [7, 11) is 0. The van der Waals surface area contributed by atoms with Crippen LogP contribution in [0, 0.1) is 11.3 Å². The van der Waals surface area contributed by atoms with Crippen LogP contribution < -0.4 is 0 Å². The van der Waals surface area contributed by atoms with E-state index in [1.807, 2.05) is 18.2 Å². The van der Waals surface area contributed by atoms with E-state index in [4.69, 9.17) is 10.4 Å². The van der Waals surface area contributed by atoms with Crippen molar-refractivity contribution < 1.29 is 9.90 Å². The first-order chi connectivity index (χ1) is 7.69. The Morgan fingerprint density at radius 2 is 2.19 bits per heavy atom. The normalized spacial score (nSPS) is 9.75. The van der Waals surface area contributed by atoms with E-state index in [1.165, 1.54) is 0 Å². The number of carboxylic acids is 1. The molecule has 0 aliphatic heterocycles. The second-order valence-electron chi connectivity index (χ2n) is 3.70. The van der Waals surface area contributed by atoms with Gasteiger partial charge < -0.3 is 5.11 Å². The van der Waals surface area contributed by atoms with Gasteiger partial charge in [-0.1, -0.05) is 25.5 Å². The number of carbonyl (C=O) groups is 1. The third kappa shape index (κ3) is 3.09. The van der Waals surface area contributed by atoms with Crippen LogP contribution in [0.25, 0.3) is 0 Å². The number of rotatable bonds is 5. The molecule has 3 nitrogen and oxygen atoms in total. The number of nitriles is 1. The Bertz CT molecular complexity index is 418. The van der Waals surface area contributed by atoms with Crippen molar-refractivity contribution in [3.05, 3.63) is 34.9 Å². The van der Waals surface area contributed by atoms with E-state index in [1.54, 1.807) is 6.07 Å². The van der Waals surface area contributed by atoms with Gasteiger partial charge in [0.1, 0.15) is 0 Å². The minimum Gasteiger partial charge on any atom is -0.478 e. The second-order valence-corrected chi connectivity index (χ2v) is 3.70. The highest BCUT2D eigenvalue weighted by atomic mass is 16.4. The van der Waals surface area contributed by atoms with E-state index in [-0.39, 0.29) is 0 Å². The first-order valence-corrected chi connectivity index (χ1v) is 5.41. The maximum absolute atomic E-state index is 11.1. The summed E-state index contributed by atoms with van der Waals surface area (Å²) in [6.45, 7) is 2.06. The van der Waals surface area contributed by atoms with E-state index in [9.17, 15) is 4.79 Å². The Morgan fingerprint density at radius 1 is 1.44 bits per heavy atom. The van der Waals surface area contributed by atoms with Crippen molar-refractivity contribution in [1.29, 1.82) is 5.26 Å². The van der Waals surface area contributed by atoms with Gasteiger partial charge in [0.05, 0.1) is 11.6 Å². The molecule has 0 saturated carbocycles. The minimum atomic E-state index is -0.911. The lowest BCUT2D eigenvalue weighted by molar-refractivity contribution is 0.0695. The zero-order valence-corrected chi connectivity index (χ0v) is 9.36. The fraction of sp³-hybridized carbons (Fsp3) is 0.385. The lowest BCUT2D eigenvalue weighted by atomic mass is 9.98. The topological polar surface area (TPSA) is 61.1 Å². The molecule has 0 radical (unpaired) electrons. The van der Waals surface area contributed by atoms with Crippen molar-refractivity contribution in [3.63, 3.8) is 0 Å². The predicted octanol–water partition coefficient (Wildman–Crippen LogP) is 2.79. The van der Waals surface area contributed by atoms with Crippen molar-refractivity contribution in [2.45, 2.75) is 32.6 Å². The number of aryl methyl sites for hydroxylation is 2. The molecule has 1 rings (SSSR count). The number of carboxylic acid groups (broad SMARTS) is 1. The highest BCUT2D eigenvalue weighted by molar-refractivity contribution is 5.89. The van der Waals surface area contributed by atoms with Gasteiger partial charge in [0, 0.05) is 6.42 Å². The van der Waals surface area contributed by atoms with Crippen molar-refractivity contribution in [2.24, 2.45) is 0 Å². The number of hydrogen-bond donors (Lipinski definition) is 1. The Hall–Kier alpha value is -1.82. The maximum atomic E-state index is 11.1. The molecule has 0 aromatic heterocycles. The van der Waals surface area contributed by atoms with Gasteiger partial charge in [-0.2, -0.15) is 5.26 Å². The molecule has 1 aromatic carbocycles. The second kappa shape index (κ2) is 5.92. The van der Waals surface area contributed by atoms with Crippen LogP contribution >= 0.6 is 0 Å². The summed E-state index contributed by atoms with van der Waals surface area (Å²) in [6.07, 6.45) is 2.74. The smallest absolute Gasteiger partial charge is 0.335 e. The molecule has 0 atom stereocenters. The quantitative estimate of drug-likeness (QED) is 0.824. The van der Waals surface area contributed by atoms with Gasteiger partial charge in [-0.05, 0) is 30.0 Å². The molecule has 0 unspecified atom stereocenters. The lowest BCUT2D eigenvalue weighted by Gasteiger charge is -2.06. The van der Waals surface area contributed by atoms with Gasteiger partial charge in [-0.25, -0.2) is 4.79 Å². The first-order valence-electron chi connectivity index (χ1n) is 5.41. The third-order valence-electron chi connectivity index (χ3n) is 2.45. The zero-order chi connectivity index (χ0) is 12.0. The monoisotopic (exact) mass is 217 g/mol. The third-order valence-corrected chi connectivity index (χ3v) is 2.45. The Balaban J connectivity index is 3.00. The van der Waals surface area contributed by atoms with Crippen LogP contribution in [0.2, 0.25) is 0 Å². The molecule has 0 spiro atoms. The molecule has 0 bridgehead atoms.